The van der Waals surface area contributed by atoms with Crippen LogP contribution in [0.15, 0.2) is 59.1 Å². The summed E-state index contributed by atoms with van der Waals surface area (Å²) in [7, 11) is 0. The molecule has 35 heavy (non-hydrogen) atoms. The number of nitrogens with zero attached hydrogens (tertiary/aromatic N) is 2. The van der Waals surface area contributed by atoms with Crippen LogP contribution in [0.4, 0.5) is 10.6 Å². The molecule has 5 heterocycles. The minimum Gasteiger partial charge on any atom is -0.439 e. The topological polar surface area (TPSA) is 108 Å². The Bertz CT molecular complexity index is 1150. The van der Waals surface area contributed by atoms with Crippen LogP contribution in [0.3, 0.4) is 0 Å². The Balaban J connectivity index is 1.26. The molecule has 9 nitrogen and oxygen atoms in total. The van der Waals surface area contributed by atoms with Gasteiger partial charge in [-0.05, 0) is 50.6 Å². The van der Waals surface area contributed by atoms with Gasteiger partial charge >= 0.3 is 6.03 Å². The van der Waals surface area contributed by atoms with Crippen LogP contribution in [-0.4, -0.2) is 54.0 Å². The van der Waals surface area contributed by atoms with Gasteiger partial charge in [-0.15, -0.1) is 0 Å². The van der Waals surface area contributed by atoms with Crippen molar-refractivity contribution >= 4 is 29.5 Å². The third kappa shape index (κ3) is 4.37. The molecule has 10 heteroatoms. The summed E-state index contributed by atoms with van der Waals surface area (Å²) in [5, 5.41) is 13.1. The molecule has 3 unspecified atom stereocenters. The van der Waals surface area contributed by atoms with Gasteiger partial charge in [-0.1, -0.05) is 36.0 Å². The van der Waals surface area contributed by atoms with E-state index in [1.54, 1.807) is 11.0 Å². The predicted octanol–water partition coefficient (Wildman–Crippen LogP) is 2.53. The number of rotatable bonds is 5. The molecule has 1 aromatic carbocycles. The van der Waals surface area contributed by atoms with Crippen LogP contribution in [-0.2, 0) is 4.79 Å². The van der Waals surface area contributed by atoms with Crippen LogP contribution in [0, 0.1) is 5.92 Å². The maximum atomic E-state index is 13.4. The van der Waals surface area contributed by atoms with Gasteiger partial charge in [0.1, 0.15) is 11.6 Å². The highest BCUT2D eigenvalue weighted by Gasteiger charge is 2.52. The summed E-state index contributed by atoms with van der Waals surface area (Å²) < 4.78 is 5.90. The second-order valence-corrected chi connectivity index (χ2v) is 10.3. The summed E-state index contributed by atoms with van der Waals surface area (Å²) in [6.07, 6.45) is 2.78. The lowest BCUT2D eigenvalue weighted by Gasteiger charge is -2.45. The van der Waals surface area contributed by atoms with Gasteiger partial charge in [-0.2, -0.15) is 4.98 Å². The molecule has 0 spiro atoms. The molecule has 0 saturated carbocycles. The zero-order chi connectivity index (χ0) is 23.8. The van der Waals surface area contributed by atoms with E-state index in [1.165, 1.54) is 11.8 Å². The largest absolute Gasteiger partial charge is 0.439 e. The first-order valence-electron chi connectivity index (χ1n) is 12.1. The summed E-state index contributed by atoms with van der Waals surface area (Å²) >= 11 is 1.52. The molecular weight excluding hydrogens is 464 g/mol. The Morgan fingerprint density at radius 1 is 1.11 bits per heavy atom. The zero-order valence-corrected chi connectivity index (χ0v) is 20.0. The fraction of sp³-hybridized carbons (Fsp3) is 0.400. The van der Waals surface area contributed by atoms with Gasteiger partial charge in [-0.3, -0.25) is 9.69 Å². The molecule has 1 aromatic heterocycles. The third-order valence-corrected chi connectivity index (χ3v) is 8.26. The van der Waals surface area contributed by atoms with E-state index in [9.17, 15) is 9.59 Å². The van der Waals surface area contributed by atoms with Crippen molar-refractivity contribution < 1.29 is 14.3 Å². The van der Waals surface area contributed by atoms with Gasteiger partial charge in [0.25, 0.3) is 5.91 Å². The van der Waals surface area contributed by atoms with Crippen molar-refractivity contribution in [2.45, 2.75) is 36.7 Å². The number of thioether (sulfide) groups is 1. The van der Waals surface area contributed by atoms with Crippen LogP contribution < -0.4 is 30.9 Å². The Labute approximate surface area is 208 Å². The molecular formula is C25H28N6O3S. The Morgan fingerprint density at radius 3 is 2.83 bits per heavy atom. The van der Waals surface area contributed by atoms with E-state index in [4.69, 9.17) is 4.74 Å². The number of nitrogens with one attached hydrogen (secondary N) is 4. The standard InChI is InChI=1S/C25H28N6O3S/c32-23(28-15-6-5-12-26-14-15)22-21-20-17(11-13-27-24(20)35-22)31(25(33)30-21)18-9-4-10-19(29-18)34-16-7-2-1-3-8-16/h1-4,7-10,15,17,20,24,26-27H,5-6,11-14H2,(H,28,32)(H,30,33)/t15-,17?,20?,24?/m1/s1. The van der Waals surface area contributed by atoms with Gasteiger partial charge < -0.3 is 26.0 Å². The SMILES string of the molecule is O=C(N[C@@H]1CCCNC1)C1=C2NC(=O)N(c3cccc(Oc4ccccc4)n3)C3CCNC(S1)C23. The first-order valence-corrected chi connectivity index (χ1v) is 13.0. The highest BCUT2D eigenvalue weighted by molar-refractivity contribution is 8.04. The summed E-state index contributed by atoms with van der Waals surface area (Å²) in [6, 6.07) is 14.7. The molecule has 6 rings (SSSR count). The highest BCUT2D eigenvalue weighted by Crippen LogP contribution is 2.47. The third-order valence-electron chi connectivity index (χ3n) is 6.90. The highest BCUT2D eigenvalue weighted by atomic mass is 32.2. The summed E-state index contributed by atoms with van der Waals surface area (Å²) in [5.41, 5.74) is 0.733. The predicted molar refractivity (Wildman–Crippen MR) is 134 cm³/mol. The molecule has 4 aliphatic heterocycles. The number of pyridine rings is 1. The van der Waals surface area contributed by atoms with Crippen molar-refractivity contribution in [2.75, 3.05) is 24.5 Å². The molecule has 2 aromatic rings. The number of hydrogen-bond donors (Lipinski definition) is 4. The van der Waals surface area contributed by atoms with Gasteiger partial charge in [0.05, 0.1) is 16.3 Å². The van der Waals surface area contributed by atoms with Crippen molar-refractivity contribution in [1.29, 1.82) is 0 Å². The first-order chi connectivity index (χ1) is 17.2. The number of amides is 3. The van der Waals surface area contributed by atoms with Crippen molar-refractivity contribution in [3.63, 3.8) is 0 Å². The fourth-order valence-corrected chi connectivity index (χ4v) is 6.72. The number of benzene rings is 1. The minimum atomic E-state index is -0.265. The van der Waals surface area contributed by atoms with Crippen LogP contribution in [0.25, 0.3) is 0 Å². The number of ether oxygens (including phenoxy) is 1. The van der Waals surface area contributed by atoms with Gasteiger partial charge in [0, 0.05) is 30.3 Å². The number of hydrogen-bond acceptors (Lipinski definition) is 7. The van der Waals surface area contributed by atoms with E-state index in [-0.39, 0.29) is 35.3 Å². The van der Waals surface area contributed by atoms with E-state index in [2.05, 4.69) is 26.3 Å². The lowest BCUT2D eigenvalue weighted by atomic mass is 9.86. The molecule has 4 atom stereocenters. The van der Waals surface area contributed by atoms with Crippen molar-refractivity contribution in [3.05, 3.63) is 59.1 Å². The quantitative estimate of drug-likeness (QED) is 0.508. The zero-order valence-electron chi connectivity index (χ0n) is 19.2. The van der Waals surface area contributed by atoms with Crippen LogP contribution in [0.1, 0.15) is 19.3 Å². The number of para-hydroxylation sites is 1. The van der Waals surface area contributed by atoms with Gasteiger partial charge in [0.15, 0.2) is 0 Å². The normalized spacial score (nSPS) is 27.8. The molecule has 0 aliphatic carbocycles. The molecule has 0 radical (unpaired) electrons. The summed E-state index contributed by atoms with van der Waals surface area (Å²) in [5.74, 6) is 1.53. The molecule has 4 aliphatic rings. The Morgan fingerprint density at radius 2 is 2.00 bits per heavy atom. The Kier molecular flexibility index (Phi) is 6.09. The number of anilines is 1. The minimum absolute atomic E-state index is 0.0165. The number of carbonyl (C=O) groups excluding carboxylic acids is 2. The van der Waals surface area contributed by atoms with Crippen LogP contribution in [0.2, 0.25) is 0 Å². The van der Waals surface area contributed by atoms with Gasteiger partial charge in [0.2, 0.25) is 5.88 Å². The smallest absolute Gasteiger partial charge is 0.327 e. The molecule has 3 amide bonds. The number of aromatic nitrogens is 1. The molecule has 3 fully saturated rings. The maximum absolute atomic E-state index is 13.4. The number of urea groups is 1. The lowest BCUT2D eigenvalue weighted by molar-refractivity contribution is -0.117. The van der Waals surface area contributed by atoms with Crippen LogP contribution in [0.5, 0.6) is 11.6 Å². The maximum Gasteiger partial charge on any atom is 0.327 e. The Hall–Kier alpha value is -3.08. The molecule has 0 bridgehead atoms. The molecule has 4 N–H and O–H groups in total. The molecule has 3 saturated heterocycles. The van der Waals surface area contributed by atoms with Crippen molar-refractivity contribution in [2.24, 2.45) is 5.92 Å². The van der Waals surface area contributed by atoms with E-state index >= 15 is 0 Å². The average molecular weight is 493 g/mol. The van der Waals surface area contributed by atoms with Crippen molar-refractivity contribution in [1.82, 2.24) is 26.3 Å². The first kappa shape index (κ1) is 22.4. The van der Waals surface area contributed by atoms with E-state index < -0.39 is 0 Å². The van der Waals surface area contributed by atoms with Crippen molar-refractivity contribution in [3.8, 4) is 11.6 Å². The van der Waals surface area contributed by atoms with E-state index in [0.29, 0.717) is 22.4 Å². The lowest BCUT2D eigenvalue weighted by Crippen LogP contribution is -2.62. The number of carbonyl (C=O) groups is 2. The average Bonchev–Trinajstić information content (AvgIpc) is 3.25. The van der Waals surface area contributed by atoms with E-state index in [0.717, 1.165) is 44.6 Å². The summed E-state index contributed by atoms with van der Waals surface area (Å²) in [4.78, 5) is 33.6. The second kappa shape index (κ2) is 9.52. The second-order valence-electron chi connectivity index (χ2n) is 9.18. The monoisotopic (exact) mass is 492 g/mol. The fourth-order valence-electron chi connectivity index (χ4n) is 5.32. The molecule has 182 valence electrons. The van der Waals surface area contributed by atoms with Crippen LogP contribution >= 0.6 is 11.8 Å². The number of piperidine rings is 2. The van der Waals surface area contributed by atoms with E-state index in [1.807, 2.05) is 42.5 Å². The summed E-state index contributed by atoms with van der Waals surface area (Å²) in [6.45, 7) is 2.53. The van der Waals surface area contributed by atoms with Gasteiger partial charge in [-0.25, -0.2) is 4.79 Å².